The fourth-order valence-electron chi connectivity index (χ4n) is 3.52. The van der Waals surface area contributed by atoms with Gasteiger partial charge in [0.2, 0.25) is 5.91 Å². The number of hydrogen-bond acceptors (Lipinski definition) is 4. The first-order valence-corrected chi connectivity index (χ1v) is 10.9. The van der Waals surface area contributed by atoms with Gasteiger partial charge in [0.05, 0.1) is 12.1 Å². The van der Waals surface area contributed by atoms with Gasteiger partial charge in [-0.3, -0.25) is 14.9 Å². The van der Waals surface area contributed by atoms with Crippen molar-refractivity contribution in [3.8, 4) is 0 Å². The number of carbonyl (C=O) groups is 2. The summed E-state index contributed by atoms with van der Waals surface area (Å²) in [6.07, 6.45) is 1.02. The number of benzene rings is 2. The Balaban J connectivity index is 1.51. The Labute approximate surface area is 181 Å². The zero-order valence-electron chi connectivity index (χ0n) is 17.5. The molecule has 2 amide bonds. The Bertz CT molecular complexity index is 984. The lowest BCUT2D eigenvalue weighted by Crippen LogP contribution is -2.38. The third-order valence-corrected chi connectivity index (χ3v) is 5.74. The highest BCUT2D eigenvalue weighted by atomic mass is 32.1. The van der Waals surface area contributed by atoms with Crippen LogP contribution in [0.2, 0.25) is 0 Å². The van der Waals surface area contributed by atoms with Crippen molar-refractivity contribution in [3.63, 3.8) is 0 Å². The smallest absolute Gasteiger partial charge is 0.257 e. The van der Waals surface area contributed by atoms with Crippen molar-refractivity contribution in [3.05, 3.63) is 82.9 Å². The summed E-state index contributed by atoms with van der Waals surface area (Å²) in [5, 5.41) is 8.14. The molecule has 0 saturated heterocycles. The highest BCUT2D eigenvalue weighted by Gasteiger charge is 2.24. The van der Waals surface area contributed by atoms with Gasteiger partial charge in [-0.2, -0.15) is 0 Å². The second-order valence-corrected chi connectivity index (χ2v) is 8.92. The van der Waals surface area contributed by atoms with Gasteiger partial charge in [-0.1, -0.05) is 62.4 Å². The molecule has 1 aromatic heterocycles. The van der Waals surface area contributed by atoms with Crippen molar-refractivity contribution in [2.45, 2.75) is 45.1 Å². The van der Waals surface area contributed by atoms with Crippen molar-refractivity contribution in [1.82, 2.24) is 10.3 Å². The van der Waals surface area contributed by atoms with Crippen molar-refractivity contribution in [2.24, 2.45) is 0 Å². The average molecular weight is 422 g/mol. The maximum atomic E-state index is 12.5. The van der Waals surface area contributed by atoms with Crippen LogP contribution in [0.15, 0.2) is 66.0 Å². The molecule has 3 rings (SSSR count). The number of nitrogens with one attached hydrogen (secondary N) is 2. The SMILES string of the molecule is CC(CC(C)(C)c1ccccc1)NC(=O)Cc1csc(NC(=O)c2ccccc2)n1. The van der Waals surface area contributed by atoms with E-state index in [1.807, 2.05) is 43.3 Å². The maximum absolute atomic E-state index is 12.5. The summed E-state index contributed by atoms with van der Waals surface area (Å²) in [6.45, 7) is 6.40. The molecule has 2 N–H and O–H groups in total. The molecule has 0 aliphatic carbocycles. The lowest BCUT2D eigenvalue weighted by molar-refractivity contribution is -0.121. The average Bonchev–Trinajstić information content (AvgIpc) is 3.15. The topological polar surface area (TPSA) is 71.1 Å². The first-order chi connectivity index (χ1) is 14.3. The standard InChI is InChI=1S/C24H27N3O2S/c1-17(15-24(2,3)19-12-8-5-9-13-19)25-21(28)14-20-16-30-23(26-20)27-22(29)18-10-6-4-7-11-18/h4-13,16-17H,14-15H2,1-3H3,(H,25,28)(H,26,27,29). The number of thiazole rings is 1. The number of amides is 2. The second-order valence-electron chi connectivity index (χ2n) is 8.06. The second kappa shape index (κ2) is 9.67. The van der Waals surface area contributed by atoms with Crippen LogP contribution >= 0.6 is 11.3 Å². The van der Waals surface area contributed by atoms with E-state index in [9.17, 15) is 9.59 Å². The molecule has 1 heterocycles. The van der Waals surface area contributed by atoms with E-state index in [1.165, 1.54) is 16.9 Å². The maximum Gasteiger partial charge on any atom is 0.257 e. The molecule has 0 saturated carbocycles. The van der Waals surface area contributed by atoms with E-state index in [1.54, 1.807) is 17.5 Å². The van der Waals surface area contributed by atoms with E-state index in [0.717, 1.165) is 6.42 Å². The van der Waals surface area contributed by atoms with Gasteiger partial charge in [0.1, 0.15) is 0 Å². The highest BCUT2D eigenvalue weighted by Crippen LogP contribution is 2.28. The highest BCUT2D eigenvalue weighted by molar-refractivity contribution is 7.14. The minimum atomic E-state index is -0.210. The van der Waals surface area contributed by atoms with E-state index in [2.05, 4.69) is 41.6 Å². The first kappa shape index (κ1) is 21.7. The molecular weight excluding hydrogens is 394 g/mol. The van der Waals surface area contributed by atoms with Gasteiger partial charge in [-0.15, -0.1) is 11.3 Å². The monoisotopic (exact) mass is 421 g/mol. The molecule has 0 fully saturated rings. The van der Waals surface area contributed by atoms with E-state index >= 15 is 0 Å². The molecule has 6 heteroatoms. The molecule has 3 aromatic rings. The van der Waals surface area contributed by atoms with Crippen LogP contribution in [-0.2, 0) is 16.6 Å². The summed E-state index contributed by atoms with van der Waals surface area (Å²) in [6, 6.07) is 19.3. The Morgan fingerprint density at radius 3 is 2.33 bits per heavy atom. The molecule has 1 unspecified atom stereocenters. The molecule has 1 atom stereocenters. The van der Waals surface area contributed by atoms with Gasteiger partial charge in [0.15, 0.2) is 5.13 Å². The van der Waals surface area contributed by atoms with Crippen LogP contribution in [0.3, 0.4) is 0 Å². The van der Waals surface area contributed by atoms with Crippen molar-refractivity contribution >= 4 is 28.3 Å². The Morgan fingerprint density at radius 2 is 1.67 bits per heavy atom. The lowest BCUT2D eigenvalue weighted by atomic mass is 9.79. The number of hydrogen-bond donors (Lipinski definition) is 2. The zero-order chi connectivity index (χ0) is 21.6. The molecule has 0 radical (unpaired) electrons. The van der Waals surface area contributed by atoms with Gasteiger partial charge < -0.3 is 5.32 Å². The largest absolute Gasteiger partial charge is 0.353 e. The predicted octanol–water partition coefficient (Wildman–Crippen LogP) is 4.81. The van der Waals surface area contributed by atoms with Crippen molar-refractivity contribution in [1.29, 1.82) is 0 Å². The normalized spacial score (nSPS) is 12.2. The molecular formula is C24H27N3O2S. The van der Waals surface area contributed by atoms with Crippen LogP contribution in [0.5, 0.6) is 0 Å². The van der Waals surface area contributed by atoms with Crippen LogP contribution in [0, 0.1) is 0 Å². The molecule has 0 spiro atoms. The van der Waals surface area contributed by atoms with Gasteiger partial charge >= 0.3 is 0 Å². The fraction of sp³-hybridized carbons (Fsp3) is 0.292. The number of aromatic nitrogens is 1. The summed E-state index contributed by atoms with van der Waals surface area (Å²) in [5.74, 6) is -0.282. The summed E-state index contributed by atoms with van der Waals surface area (Å²) in [7, 11) is 0. The predicted molar refractivity (Wildman–Crippen MR) is 122 cm³/mol. The summed E-state index contributed by atoms with van der Waals surface area (Å²) < 4.78 is 0. The fourth-order valence-corrected chi connectivity index (χ4v) is 4.22. The molecule has 156 valence electrons. The Hall–Kier alpha value is -2.99. The van der Waals surface area contributed by atoms with Crippen LogP contribution in [0.4, 0.5) is 5.13 Å². The van der Waals surface area contributed by atoms with E-state index in [0.29, 0.717) is 16.4 Å². The van der Waals surface area contributed by atoms with E-state index < -0.39 is 0 Å². The number of rotatable bonds is 8. The third-order valence-electron chi connectivity index (χ3n) is 4.93. The zero-order valence-corrected chi connectivity index (χ0v) is 18.3. The van der Waals surface area contributed by atoms with Crippen molar-refractivity contribution in [2.75, 3.05) is 5.32 Å². The van der Waals surface area contributed by atoms with E-state index in [4.69, 9.17) is 0 Å². The minimum Gasteiger partial charge on any atom is -0.353 e. The van der Waals surface area contributed by atoms with Crippen LogP contribution in [0.1, 0.15) is 48.8 Å². The summed E-state index contributed by atoms with van der Waals surface area (Å²) in [5.41, 5.74) is 2.44. The van der Waals surface area contributed by atoms with Gasteiger partial charge in [0, 0.05) is 17.0 Å². The number of nitrogens with zero attached hydrogens (tertiary/aromatic N) is 1. The Kier molecular flexibility index (Phi) is 7.00. The third kappa shape index (κ3) is 6.00. The van der Waals surface area contributed by atoms with Gasteiger partial charge in [-0.25, -0.2) is 4.98 Å². The molecule has 2 aromatic carbocycles. The molecule has 0 bridgehead atoms. The summed E-state index contributed by atoms with van der Waals surface area (Å²) >= 11 is 1.32. The molecule has 0 aliphatic rings. The molecule has 30 heavy (non-hydrogen) atoms. The lowest BCUT2D eigenvalue weighted by Gasteiger charge is -2.29. The molecule has 5 nitrogen and oxygen atoms in total. The summed E-state index contributed by atoms with van der Waals surface area (Å²) in [4.78, 5) is 29.1. The van der Waals surface area contributed by atoms with Crippen molar-refractivity contribution < 1.29 is 9.59 Å². The quantitative estimate of drug-likeness (QED) is 0.548. The number of anilines is 1. The first-order valence-electron chi connectivity index (χ1n) is 9.99. The van der Waals surface area contributed by atoms with Crippen LogP contribution in [-0.4, -0.2) is 22.8 Å². The Morgan fingerprint density at radius 1 is 1.03 bits per heavy atom. The molecule has 0 aliphatic heterocycles. The minimum absolute atomic E-state index is 0.0311. The van der Waals surface area contributed by atoms with Gasteiger partial charge in [0.25, 0.3) is 5.91 Å². The van der Waals surface area contributed by atoms with Crippen LogP contribution in [0.25, 0.3) is 0 Å². The van der Waals surface area contributed by atoms with E-state index in [-0.39, 0.29) is 29.7 Å². The number of carbonyl (C=O) groups excluding carboxylic acids is 2. The van der Waals surface area contributed by atoms with Crippen LogP contribution < -0.4 is 10.6 Å². The van der Waals surface area contributed by atoms with Gasteiger partial charge in [-0.05, 0) is 36.5 Å².